The molecule has 0 aromatic rings. The van der Waals surface area contributed by atoms with Crippen molar-refractivity contribution >= 4 is 0 Å². The van der Waals surface area contributed by atoms with Crippen LogP contribution in [0.1, 0.15) is 47.0 Å². The van der Waals surface area contributed by atoms with Crippen molar-refractivity contribution in [1.29, 1.82) is 0 Å². The lowest BCUT2D eigenvalue weighted by molar-refractivity contribution is 0.0801. The summed E-state index contributed by atoms with van der Waals surface area (Å²) in [5.74, 6) is 0. The van der Waals surface area contributed by atoms with E-state index in [-0.39, 0.29) is 0 Å². The second-order valence-electron chi connectivity index (χ2n) is 5.91. The lowest BCUT2D eigenvalue weighted by atomic mass is 10.1. The summed E-state index contributed by atoms with van der Waals surface area (Å²) in [5, 5.41) is 3.49. The molecule has 0 bridgehead atoms. The smallest absolute Gasteiger partial charge is 0.0113 e. The van der Waals surface area contributed by atoms with Gasteiger partial charge in [0.25, 0.3) is 0 Å². The minimum absolute atomic E-state index is 0.709. The summed E-state index contributed by atoms with van der Waals surface area (Å²) in [7, 11) is 0. The SMILES string of the molecule is CCCNCCCC(C)N1CCN(C(C)C)CC1. The third-order valence-electron chi connectivity index (χ3n) is 4.10. The summed E-state index contributed by atoms with van der Waals surface area (Å²) in [5.41, 5.74) is 0. The lowest BCUT2D eigenvalue weighted by Crippen LogP contribution is -2.51. The molecule has 1 saturated heterocycles. The van der Waals surface area contributed by atoms with Crippen molar-refractivity contribution in [1.82, 2.24) is 15.1 Å². The van der Waals surface area contributed by atoms with Gasteiger partial charge in [0.15, 0.2) is 0 Å². The standard InChI is InChI=1S/C15H33N3/c1-5-8-16-9-6-7-15(4)18-12-10-17(11-13-18)14(2)3/h14-16H,5-13H2,1-4H3. The topological polar surface area (TPSA) is 18.5 Å². The van der Waals surface area contributed by atoms with Gasteiger partial charge in [-0.1, -0.05) is 6.92 Å². The number of rotatable bonds is 8. The Morgan fingerprint density at radius 2 is 1.56 bits per heavy atom. The molecule has 0 aliphatic carbocycles. The third kappa shape index (κ3) is 5.68. The van der Waals surface area contributed by atoms with Crippen molar-refractivity contribution in [3.8, 4) is 0 Å². The van der Waals surface area contributed by atoms with Crippen molar-refractivity contribution in [3.05, 3.63) is 0 Å². The lowest BCUT2D eigenvalue weighted by Gasteiger charge is -2.39. The molecule has 0 saturated carbocycles. The van der Waals surface area contributed by atoms with Gasteiger partial charge in [0.05, 0.1) is 0 Å². The molecular formula is C15H33N3. The van der Waals surface area contributed by atoms with Crippen molar-refractivity contribution < 1.29 is 0 Å². The van der Waals surface area contributed by atoms with E-state index in [4.69, 9.17) is 0 Å². The highest BCUT2D eigenvalue weighted by Crippen LogP contribution is 2.12. The first-order valence-electron chi connectivity index (χ1n) is 7.84. The molecule has 3 nitrogen and oxygen atoms in total. The molecule has 1 fully saturated rings. The fourth-order valence-corrected chi connectivity index (χ4v) is 2.70. The van der Waals surface area contributed by atoms with Gasteiger partial charge >= 0.3 is 0 Å². The minimum atomic E-state index is 0.709. The monoisotopic (exact) mass is 255 g/mol. The molecule has 0 aromatic carbocycles. The van der Waals surface area contributed by atoms with Crippen molar-refractivity contribution in [2.45, 2.75) is 59.0 Å². The summed E-state index contributed by atoms with van der Waals surface area (Å²) < 4.78 is 0. The molecule has 108 valence electrons. The molecule has 0 radical (unpaired) electrons. The van der Waals surface area contributed by atoms with Gasteiger partial charge in [-0.2, -0.15) is 0 Å². The fraction of sp³-hybridized carbons (Fsp3) is 1.00. The molecule has 1 N–H and O–H groups in total. The quantitative estimate of drug-likeness (QED) is 0.671. The maximum absolute atomic E-state index is 3.49. The van der Waals surface area contributed by atoms with E-state index in [9.17, 15) is 0 Å². The number of nitrogens with one attached hydrogen (secondary N) is 1. The Balaban J connectivity index is 2.10. The second-order valence-corrected chi connectivity index (χ2v) is 5.91. The zero-order valence-corrected chi connectivity index (χ0v) is 12.9. The summed E-state index contributed by atoms with van der Waals surface area (Å²) >= 11 is 0. The molecule has 1 rings (SSSR count). The molecule has 1 unspecified atom stereocenters. The van der Waals surface area contributed by atoms with Gasteiger partial charge in [-0.15, -0.1) is 0 Å². The molecule has 0 aromatic heterocycles. The van der Waals surface area contributed by atoms with Crippen LogP contribution in [0.4, 0.5) is 0 Å². The van der Waals surface area contributed by atoms with E-state index in [1.54, 1.807) is 0 Å². The van der Waals surface area contributed by atoms with Crippen molar-refractivity contribution in [2.24, 2.45) is 0 Å². The van der Waals surface area contributed by atoms with Crippen LogP contribution in [0.3, 0.4) is 0 Å². The predicted molar refractivity (Wildman–Crippen MR) is 80.1 cm³/mol. The van der Waals surface area contributed by atoms with E-state index >= 15 is 0 Å². The maximum atomic E-state index is 3.49. The molecule has 1 aliphatic rings. The Bertz CT molecular complexity index is 198. The highest BCUT2D eigenvalue weighted by molar-refractivity contribution is 4.77. The van der Waals surface area contributed by atoms with Gasteiger partial charge < -0.3 is 5.32 Å². The first kappa shape index (κ1) is 15.9. The molecule has 1 aliphatic heterocycles. The average molecular weight is 255 g/mol. The number of hydrogen-bond acceptors (Lipinski definition) is 3. The molecule has 0 spiro atoms. The Hall–Kier alpha value is -0.120. The molecular weight excluding hydrogens is 222 g/mol. The Kier molecular flexibility index (Phi) is 7.87. The van der Waals surface area contributed by atoms with Crippen LogP contribution < -0.4 is 5.32 Å². The van der Waals surface area contributed by atoms with Gasteiger partial charge in [0.2, 0.25) is 0 Å². The van der Waals surface area contributed by atoms with Crippen LogP contribution in [0.2, 0.25) is 0 Å². The first-order chi connectivity index (χ1) is 8.65. The van der Waals surface area contributed by atoms with Gasteiger partial charge in [-0.25, -0.2) is 0 Å². The largest absolute Gasteiger partial charge is 0.317 e. The van der Waals surface area contributed by atoms with Crippen LogP contribution in [0.25, 0.3) is 0 Å². The number of piperazine rings is 1. The number of nitrogens with zero attached hydrogens (tertiary/aromatic N) is 2. The van der Waals surface area contributed by atoms with E-state index in [1.165, 1.54) is 58.5 Å². The van der Waals surface area contributed by atoms with E-state index in [2.05, 4.69) is 42.8 Å². The normalized spacial score (nSPS) is 20.5. The Morgan fingerprint density at radius 1 is 0.944 bits per heavy atom. The van der Waals surface area contributed by atoms with Crippen molar-refractivity contribution in [3.63, 3.8) is 0 Å². The zero-order valence-electron chi connectivity index (χ0n) is 12.9. The predicted octanol–water partition coefficient (Wildman–Crippen LogP) is 2.18. The van der Waals surface area contributed by atoms with Gasteiger partial charge in [-0.05, 0) is 53.1 Å². The van der Waals surface area contributed by atoms with E-state index < -0.39 is 0 Å². The van der Waals surface area contributed by atoms with Gasteiger partial charge in [0.1, 0.15) is 0 Å². The highest BCUT2D eigenvalue weighted by atomic mass is 15.3. The Labute approximate surface area is 114 Å². The second kappa shape index (κ2) is 8.89. The van der Waals surface area contributed by atoms with Gasteiger partial charge in [0, 0.05) is 38.3 Å². The average Bonchev–Trinajstić information content (AvgIpc) is 2.38. The fourth-order valence-electron chi connectivity index (χ4n) is 2.70. The van der Waals surface area contributed by atoms with Crippen LogP contribution in [0, 0.1) is 0 Å². The summed E-state index contributed by atoms with van der Waals surface area (Å²) in [4.78, 5) is 5.25. The van der Waals surface area contributed by atoms with Crippen LogP contribution in [0.5, 0.6) is 0 Å². The zero-order chi connectivity index (χ0) is 13.4. The Morgan fingerprint density at radius 3 is 2.11 bits per heavy atom. The van der Waals surface area contributed by atoms with Crippen molar-refractivity contribution in [2.75, 3.05) is 39.3 Å². The number of hydrogen-bond donors (Lipinski definition) is 1. The third-order valence-corrected chi connectivity index (χ3v) is 4.10. The molecule has 1 atom stereocenters. The summed E-state index contributed by atoms with van der Waals surface area (Å²) in [6, 6.07) is 1.46. The molecule has 3 heteroatoms. The molecule has 18 heavy (non-hydrogen) atoms. The highest BCUT2D eigenvalue weighted by Gasteiger charge is 2.21. The van der Waals surface area contributed by atoms with Gasteiger partial charge in [-0.3, -0.25) is 9.80 Å². The first-order valence-corrected chi connectivity index (χ1v) is 7.84. The minimum Gasteiger partial charge on any atom is -0.317 e. The molecule has 0 amide bonds. The van der Waals surface area contributed by atoms with E-state index in [0.717, 1.165) is 6.04 Å². The maximum Gasteiger partial charge on any atom is 0.0113 e. The van der Waals surface area contributed by atoms with Crippen LogP contribution in [-0.2, 0) is 0 Å². The van der Waals surface area contributed by atoms with Crippen LogP contribution >= 0.6 is 0 Å². The summed E-state index contributed by atoms with van der Waals surface area (Å²) in [6.07, 6.45) is 3.89. The molecule has 1 heterocycles. The van der Waals surface area contributed by atoms with Crippen LogP contribution in [0.15, 0.2) is 0 Å². The van der Waals surface area contributed by atoms with E-state index in [1.807, 2.05) is 0 Å². The summed E-state index contributed by atoms with van der Waals surface area (Å²) in [6.45, 7) is 16.6. The van der Waals surface area contributed by atoms with Crippen LogP contribution in [-0.4, -0.2) is 61.2 Å². The van der Waals surface area contributed by atoms with E-state index in [0.29, 0.717) is 6.04 Å².